The van der Waals surface area contributed by atoms with Crippen molar-refractivity contribution in [3.63, 3.8) is 0 Å². The van der Waals surface area contributed by atoms with E-state index in [9.17, 15) is 9.59 Å². The van der Waals surface area contributed by atoms with Gasteiger partial charge >= 0.3 is 6.03 Å². The van der Waals surface area contributed by atoms with E-state index in [1.807, 2.05) is 35.2 Å². The van der Waals surface area contributed by atoms with Crippen LogP contribution in [-0.4, -0.2) is 60.0 Å². The second-order valence-corrected chi connectivity index (χ2v) is 6.72. The van der Waals surface area contributed by atoms with E-state index in [0.29, 0.717) is 12.5 Å². The summed E-state index contributed by atoms with van der Waals surface area (Å²) in [7, 11) is 0. The van der Waals surface area contributed by atoms with Crippen LogP contribution >= 0.6 is 0 Å². The van der Waals surface area contributed by atoms with Gasteiger partial charge in [0, 0.05) is 25.6 Å². The van der Waals surface area contributed by atoms with Gasteiger partial charge in [-0.3, -0.25) is 9.69 Å². The zero-order chi connectivity index (χ0) is 16.9. The van der Waals surface area contributed by atoms with Gasteiger partial charge in [0.05, 0.1) is 0 Å². The third-order valence-corrected chi connectivity index (χ3v) is 5.03. The normalized spacial score (nSPS) is 22.5. The molecule has 2 atom stereocenters. The van der Waals surface area contributed by atoms with E-state index in [4.69, 9.17) is 5.73 Å². The Morgan fingerprint density at radius 3 is 2.54 bits per heavy atom. The molecule has 0 aromatic heterocycles. The monoisotopic (exact) mass is 330 g/mol. The number of likely N-dealkylation sites (tertiary alicyclic amines) is 2. The Hall–Kier alpha value is -2.08. The Kier molecular flexibility index (Phi) is 5.35. The number of carbonyl (C=O) groups is 2. The fourth-order valence-corrected chi connectivity index (χ4v) is 3.79. The minimum atomic E-state index is -0.653. The van der Waals surface area contributed by atoms with Crippen LogP contribution in [0.25, 0.3) is 0 Å². The van der Waals surface area contributed by atoms with Crippen molar-refractivity contribution in [1.29, 1.82) is 0 Å². The Morgan fingerprint density at radius 2 is 1.88 bits per heavy atom. The molecule has 130 valence electrons. The molecule has 0 radical (unpaired) electrons. The maximum absolute atomic E-state index is 12.9. The van der Waals surface area contributed by atoms with E-state index in [2.05, 4.69) is 10.2 Å². The predicted molar refractivity (Wildman–Crippen MR) is 92.4 cm³/mol. The summed E-state index contributed by atoms with van der Waals surface area (Å²) in [6.07, 6.45) is 3.99. The SMILES string of the molecule is NC(=O)NC(Cc1ccccc1)C(=O)N1CCC(N2CCCC2)C1. The van der Waals surface area contributed by atoms with E-state index < -0.39 is 12.1 Å². The maximum atomic E-state index is 12.9. The van der Waals surface area contributed by atoms with Crippen LogP contribution in [0, 0.1) is 0 Å². The molecule has 1 aromatic carbocycles. The van der Waals surface area contributed by atoms with Crippen molar-refractivity contribution < 1.29 is 9.59 Å². The van der Waals surface area contributed by atoms with Crippen molar-refractivity contribution >= 4 is 11.9 Å². The third-order valence-electron chi connectivity index (χ3n) is 5.03. The Labute approximate surface area is 143 Å². The molecule has 2 heterocycles. The lowest BCUT2D eigenvalue weighted by atomic mass is 10.0. The lowest BCUT2D eigenvalue weighted by molar-refractivity contribution is -0.132. The number of amides is 3. The largest absolute Gasteiger partial charge is 0.352 e. The van der Waals surface area contributed by atoms with Crippen LogP contribution < -0.4 is 11.1 Å². The van der Waals surface area contributed by atoms with Crippen molar-refractivity contribution in [2.45, 2.75) is 37.8 Å². The molecule has 2 unspecified atom stereocenters. The summed E-state index contributed by atoms with van der Waals surface area (Å²) in [4.78, 5) is 28.6. The van der Waals surface area contributed by atoms with Gasteiger partial charge in [0.2, 0.25) is 5.91 Å². The number of nitrogens with one attached hydrogen (secondary N) is 1. The quantitative estimate of drug-likeness (QED) is 0.844. The van der Waals surface area contributed by atoms with Gasteiger partial charge in [0.25, 0.3) is 0 Å². The van der Waals surface area contributed by atoms with E-state index in [-0.39, 0.29) is 5.91 Å². The zero-order valence-corrected chi connectivity index (χ0v) is 14.0. The third kappa shape index (κ3) is 4.06. The number of nitrogens with two attached hydrogens (primary N) is 1. The van der Waals surface area contributed by atoms with Gasteiger partial charge in [0.15, 0.2) is 0 Å². The van der Waals surface area contributed by atoms with Gasteiger partial charge in [-0.15, -0.1) is 0 Å². The molecule has 0 aliphatic carbocycles. The minimum Gasteiger partial charge on any atom is -0.352 e. The summed E-state index contributed by atoms with van der Waals surface area (Å²) >= 11 is 0. The second kappa shape index (κ2) is 7.66. The standard InChI is InChI=1S/C18H26N4O2/c19-18(24)20-16(12-14-6-2-1-3-7-14)17(23)22-11-8-15(13-22)21-9-4-5-10-21/h1-3,6-7,15-16H,4-5,8-13H2,(H3,19,20,24). The molecule has 6 nitrogen and oxygen atoms in total. The highest BCUT2D eigenvalue weighted by Crippen LogP contribution is 2.21. The lowest BCUT2D eigenvalue weighted by Crippen LogP contribution is -2.51. The van der Waals surface area contributed by atoms with Crippen LogP contribution in [-0.2, 0) is 11.2 Å². The fraction of sp³-hybridized carbons (Fsp3) is 0.556. The number of urea groups is 1. The molecule has 3 amide bonds. The maximum Gasteiger partial charge on any atom is 0.312 e. The predicted octanol–water partition coefficient (Wildman–Crippen LogP) is 0.963. The van der Waals surface area contributed by atoms with E-state index in [1.165, 1.54) is 12.8 Å². The lowest BCUT2D eigenvalue weighted by Gasteiger charge is -2.26. The van der Waals surface area contributed by atoms with Gasteiger partial charge in [-0.1, -0.05) is 30.3 Å². The summed E-state index contributed by atoms with van der Waals surface area (Å²) in [6, 6.07) is 8.92. The molecule has 3 N–H and O–H groups in total. The molecular formula is C18H26N4O2. The highest BCUT2D eigenvalue weighted by molar-refractivity contribution is 5.87. The molecule has 0 spiro atoms. The van der Waals surface area contributed by atoms with Crippen LogP contribution in [0.4, 0.5) is 4.79 Å². The summed E-state index contributed by atoms with van der Waals surface area (Å²) in [5.41, 5.74) is 6.30. The topological polar surface area (TPSA) is 78.7 Å². The number of benzene rings is 1. The molecule has 24 heavy (non-hydrogen) atoms. The Bertz CT molecular complexity index is 572. The average Bonchev–Trinajstić information content (AvgIpc) is 3.25. The first-order valence-corrected chi connectivity index (χ1v) is 8.76. The van der Waals surface area contributed by atoms with Gasteiger partial charge in [-0.25, -0.2) is 4.79 Å². The summed E-state index contributed by atoms with van der Waals surface area (Å²) in [6.45, 7) is 3.79. The summed E-state index contributed by atoms with van der Waals surface area (Å²) in [5, 5.41) is 2.62. The molecule has 2 aliphatic rings. The highest BCUT2D eigenvalue weighted by atomic mass is 16.2. The first kappa shape index (κ1) is 16.8. The number of rotatable bonds is 5. The molecule has 0 saturated carbocycles. The molecule has 6 heteroatoms. The molecule has 2 fully saturated rings. The van der Waals surface area contributed by atoms with E-state index in [1.54, 1.807) is 0 Å². The molecule has 3 rings (SSSR count). The smallest absolute Gasteiger partial charge is 0.312 e. The zero-order valence-electron chi connectivity index (χ0n) is 14.0. The number of hydrogen-bond acceptors (Lipinski definition) is 3. The van der Waals surface area contributed by atoms with Crippen LogP contribution in [0.2, 0.25) is 0 Å². The number of carbonyl (C=O) groups excluding carboxylic acids is 2. The van der Waals surface area contributed by atoms with Crippen molar-refractivity contribution in [2.24, 2.45) is 5.73 Å². The second-order valence-electron chi connectivity index (χ2n) is 6.72. The molecule has 1 aromatic rings. The first-order chi connectivity index (χ1) is 11.6. The highest BCUT2D eigenvalue weighted by Gasteiger charge is 2.34. The van der Waals surface area contributed by atoms with Crippen molar-refractivity contribution in [1.82, 2.24) is 15.1 Å². The fourth-order valence-electron chi connectivity index (χ4n) is 3.79. The van der Waals surface area contributed by atoms with Crippen molar-refractivity contribution in [3.05, 3.63) is 35.9 Å². The van der Waals surface area contributed by atoms with Gasteiger partial charge in [0.1, 0.15) is 6.04 Å². The molecule has 0 bridgehead atoms. The van der Waals surface area contributed by atoms with Gasteiger partial charge in [-0.2, -0.15) is 0 Å². The summed E-state index contributed by atoms with van der Waals surface area (Å²) in [5.74, 6) is -0.0284. The number of nitrogens with zero attached hydrogens (tertiary/aromatic N) is 2. The van der Waals surface area contributed by atoms with Crippen molar-refractivity contribution in [2.75, 3.05) is 26.2 Å². The Morgan fingerprint density at radius 1 is 1.17 bits per heavy atom. The van der Waals surface area contributed by atoms with Crippen LogP contribution in [0.3, 0.4) is 0 Å². The molecule has 2 saturated heterocycles. The van der Waals surface area contributed by atoms with Crippen LogP contribution in [0.5, 0.6) is 0 Å². The van der Waals surface area contributed by atoms with Gasteiger partial charge < -0.3 is 16.0 Å². The summed E-state index contributed by atoms with van der Waals surface area (Å²) < 4.78 is 0. The first-order valence-electron chi connectivity index (χ1n) is 8.76. The number of hydrogen-bond donors (Lipinski definition) is 2. The van der Waals surface area contributed by atoms with E-state index in [0.717, 1.165) is 38.2 Å². The average molecular weight is 330 g/mol. The van der Waals surface area contributed by atoms with Gasteiger partial charge in [-0.05, 0) is 37.9 Å². The number of primary amides is 1. The minimum absolute atomic E-state index is 0.0284. The Balaban J connectivity index is 1.63. The van der Waals surface area contributed by atoms with Crippen LogP contribution in [0.1, 0.15) is 24.8 Å². The molecule has 2 aliphatic heterocycles. The van der Waals surface area contributed by atoms with E-state index >= 15 is 0 Å². The molecular weight excluding hydrogens is 304 g/mol. The van der Waals surface area contributed by atoms with Crippen molar-refractivity contribution in [3.8, 4) is 0 Å². The van der Waals surface area contributed by atoms with Crippen LogP contribution in [0.15, 0.2) is 30.3 Å².